The van der Waals surface area contributed by atoms with E-state index in [0.717, 1.165) is 5.56 Å². The van der Waals surface area contributed by atoms with E-state index < -0.39 is 11.9 Å². The van der Waals surface area contributed by atoms with Gasteiger partial charge in [0, 0.05) is 18.8 Å². The van der Waals surface area contributed by atoms with Gasteiger partial charge in [0.1, 0.15) is 6.54 Å². The maximum absolute atomic E-state index is 12.4. The largest absolute Gasteiger partial charge is 0.478 e. The van der Waals surface area contributed by atoms with E-state index in [1.165, 1.54) is 11.0 Å². The summed E-state index contributed by atoms with van der Waals surface area (Å²) in [4.78, 5) is 37.3. The first-order valence-corrected chi connectivity index (χ1v) is 6.65. The van der Waals surface area contributed by atoms with E-state index in [1.54, 1.807) is 24.0 Å². The molecular formula is C14H17N3O4. The number of likely N-dealkylation sites (N-methyl/N-ethyl adjacent to an activating group) is 1. The number of carbonyl (C=O) groups excluding carboxylic acids is 2. The first-order chi connectivity index (χ1) is 9.93. The number of fused-ring (bicyclic) bond motifs is 1. The maximum atomic E-state index is 12.4. The lowest BCUT2D eigenvalue weighted by Gasteiger charge is -2.26. The second-order valence-electron chi connectivity index (χ2n) is 4.81. The highest BCUT2D eigenvalue weighted by atomic mass is 16.4. The molecule has 112 valence electrons. The number of rotatable bonds is 4. The molecule has 0 aromatic heterocycles. The Hall–Kier alpha value is -2.57. The van der Waals surface area contributed by atoms with Crippen molar-refractivity contribution in [2.24, 2.45) is 5.73 Å². The zero-order valence-corrected chi connectivity index (χ0v) is 11.7. The summed E-state index contributed by atoms with van der Waals surface area (Å²) in [5.74, 6) is -1.56. The predicted octanol–water partition coefficient (Wildman–Crippen LogP) is 0.675. The van der Waals surface area contributed by atoms with Crippen LogP contribution in [0.4, 0.5) is 10.5 Å². The average molecular weight is 291 g/mol. The molecule has 7 heteroatoms. The van der Waals surface area contributed by atoms with Crippen LogP contribution in [0.3, 0.4) is 0 Å². The Kier molecular flexibility index (Phi) is 4.11. The number of anilines is 1. The fourth-order valence-electron chi connectivity index (χ4n) is 2.41. The summed E-state index contributed by atoms with van der Waals surface area (Å²) in [6.07, 6.45) is 0.594. The number of carbonyl (C=O) groups is 3. The molecule has 1 heterocycles. The Morgan fingerprint density at radius 3 is 2.67 bits per heavy atom. The number of hydrogen-bond acceptors (Lipinski definition) is 3. The summed E-state index contributed by atoms with van der Waals surface area (Å²) in [5.41, 5.74) is 6.84. The van der Waals surface area contributed by atoms with Crippen molar-refractivity contribution in [2.45, 2.75) is 13.3 Å². The van der Waals surface area contributed by atoms with E-state index in [9.17, 15) is 14.4 Å². The van der Waals surface area contributed by atoms with Crippen molar-refractivity contribution in [1.82, 2.24) is 4.90 Å². The van der Waals surface area contributed by atoms with E-state index >= 15 is 0 Å². The van der Waals surface area contributed by atoms with Gasteiger partial charge in [0.25, 0.3) is 0 Å². The highest BCUT2D eigenvalue weighted by Crippen LogP contribution is 2.29. The van der Waals surface area contributed by atoms with Gasteiger partial charge in [-0.2, -0.15) is 0 Å². The highest BCUT2D eigenvalue weighted by Gasteiger charge is 2.28. The standard InChI is InChI=1S/C14H17N3O4/c1-2-16(8-12(15)18)14(21)17-6-5-9-7-10(13(19)20)3-4-11(9)17/h3-4,7H,2,5-6,8H2,1H3,(H2,15,18)(H,19,20). The normalized spacial score (nSPS) is 12.9. The molecule has 0 radical (unpaired) electrons. The van der Waals surface area contributed by atoms with Gasteiger partial charge < -0.3 is 15.7 Å². The Labute approximate surface area is 121 Å². The van der Waals surface area contributed by atoms with Crippen molar-refractivity contribution in [2.75, 3.05) is 24.5 Å². The van der Waals surface area contributed by atoms with E-state index in [1.807, 2.05) is 0 Å². The van der Waals surface area contributed by atoms with Crippen molar-refractivity contribution in [1.29, 1.82) is 0 Å². The maximum Gasteiger partial charge on any atom is 0.335 e. The number of hydrogen-bond donors (Lipinski definition) is 2. The van der Waals surface area contributed by atoms with Gasteiger partial charge in [0.05, 0.1) is 5.56 Å². The molecule has 0 fully saturated rings. The molecule has 1 aliphatic heterocycles. The number of carboxylic acid groups (broad SMARTS) is 1. The summed E-state index contributed by atoms with van der Waals surface area (Å²) >= 11 is 0. The molecule has 0 spiro atoms. The summed E-state index contributed by atoms with van der Waals surface area (Å²) in [5, 5.41) is 8.98. The fourth-order valence-corrected chi connectivity index (χ4v) is 2.41. The van der Waals surface area contributed by atoms with E-state index in [4.69, 9.17) is 10.8 Å². The average Bonchev–Trinajstić information content (AvgIpc) is 2.86. The molecule has 1 aromatic rings. The molecule has 3 amide bonds. The Bertz CT molecular complexity index is 600. The molecular weight excluding hydrogens is 274 g/mol. The van der Waals surface area contributed by atoms with Crippen LogP contribution >= 0.6 is 0 Å². The Balaban J connectivity index is 2.23. The molecule has 0 saturated carbocycles. The van der Waals surface area contributed by atoms with Crippen molar-refractivity contribution in [3.05, 3.63) is 29.3 Å². The Morgan fingerprint density at radius 1 is 1.38 bits per heavy atom. The number of aromatic carboxylic acids is 1. The second-order valence-corrected chi connectivity index (χ2v) is 4.81. The molecule has 0 saturated heterocycles. The number of nitrogens with zero attached hydrogens (tertiary/aromatic N) is 2. The highest BCUT2D eigenvalue weighted by molar-refractivity contribution is 5.97. The quantitative estimate of drug-likeness (QED) is 0.851. The van der Waals surface area contributed by atoms with Crippen LogP contribution in [0.1, 0.15) is 22.8 Å². The van der Waals surface area contributed by atoms with Crippen molar-refractivity contribution in [3.63, 3.8) is 0 Å². The van der Waals surface area contributed by atoms with Gasteiger partial charge >= 0.3 is 12.0 Å². The second kappa shape index (κ2) is 5.82. The van der Waals surface area contributed by atoms with Crippen LogP contribution in [-0.2, 0) is 11.2 Å². The first-order valence-electron chi connectivity index (χ1n) is 6.65. The number of nitrogens with two attached hydrogens (primary N) is 1. The van der Waals surface area contributed by atoms with Gasteiger partial charge in [0.2, 0.25) is 5.91 Å². The third kappa shape index (κ3) is 2.96. The van der Waals surface area contributed by atoms with Crippen LogP contribution in [0.2, 0.25) is 0 Å². The van der Waals surface area contributed by atoms with Gasteiger partial charge in [-0.3, -0.25) is 9.69 Å². The van der Waals surface area contributed by atoms with Crippen LogP contribution in [0, 0.1) is 0 Å². The van der Waals surface area contributed by atoms with Gasteiger partial charge in [-0.05, 0) is 37.1 Å². The van der Waals surface area contributed by atoms with Crippen LogP contribution in [-0.4, -0.2) is 47.5 Å². The molecule has 1 aromatic carbocycles. The Morgan fingerprint density at radius 2 is 2.10 bits per heavy atom. The van der Waals surface area contributed by atoms with Crippen molar-refractivity contribution in [3.8, 4) is 0 Å². The summed E-state index contributed by atoms with van der Waals surface area (Å²) < 4.78 is 0. The summed E-state index contributed by atoms with van der Waals surface area (Å²) in [7, 11) is 0. The lowest BCUT2D eigenvalue weighted by atomic mass is 10.1. The molecule has 0 unspecified atom stereocenters. The minimum Gasteiger partial charge on any atom is -0.478 e. The molecule has 0 bridgehead atoms. The van der Waals surface area contributed by atoms with E-state index in [0.29, 0.717) is 25.2 Å². The molecule has 1 aliphatic rings. The van der Waals surface area contributed by atoms with Gasteiger partial charge in [-0.1, -0.05) is 0 Å². The van der Waals surface area contributed by atoms with E-state index in [-0.39, 0.29) is 18.1 Å². The van der Waals surface area contributed by atoms with Crippen LogP contribution in [0.5, 0.6) is 0 Å². The molecule has 3 N–H and O–H groups in total. The number of primary amides is 1. The van der Waals surface area contributed by atoms with Gasteiger partial charge in [0.15, 0.2) is 0 Å². The number of benzene rings is 1. The third-order valence-electron chi connectivity index (χ3n) is 3.45. The minimum absolute atomic E-state index is 0.131. The third-order valence-corrected chi connectivity index (χ3v) is 3.45. The lowest BCUT2D eigenvalue weighted by Crippen LogP contribution is -2.46. The van der Waals surface area contributed by atoms with Crippen molar-refractivity contribution >= 4 is 23.6 Å². The predicted molar refractivity (Wildman–Crippen MR) is 76.3 cm³/mol. The number of urea groups is 1. The molecule has 7 nitrogen and oxygen atoms in total. The lowest BCUT2D eigenvalue weighted by molar-refractivity contribution is -0.118. The SMILES string of the molecule is CCN(CC(N)=O)C(=O)N1CCc2cc(C(=O)O)ccc21. The van der Waals surface area contributed by atoms with E-state index in [2.05, 4.69) is 0 Å². The minimum atomic E-state index is -0.994. The first kappa shape index (κ1) is 14.8. The van der Waals surface area contributed by atoms with Crippen LogP contribution < -0.4 is 10.6 Å². The fraction of sp³-hybridized carbons (Fsp3) is 0.357. The zero-order valence-electron chi connectivity index (χ0n) is 11.7. The van der Waals surface area contributed by atoms with Gasteiger partial charge in [-0.15, -0.1) is 0 Å². The van der Waals surface area contributed by atoms with Gasteiger partial charge in [-0.25, -0.2) is 9.59 Å². The number of carboxylic acids is 1. The molecule has 21 heavy (non-hydrogen) atoms. The van der Waals surface area contributed by atoms with Crippen molar-refractivity contribution < 1.29 is 19.5 Å². The molecule has 0 atom stereocenters. The smallest absolute Gasteiger partial charge is 0.335 e. The number of amides is 3. The van der Waals surface area contributed by atoms with Crippen LogP contribution in [0.25, 0.3) is 0 Å². The monoisotopic (exact) mass is 291 g/mol. The summed E-state index contributed by atoms with van der Waals surface area (Å²) in [6, 6.07) is 4.38. The summed E-state index contributed by atoms with van der Waals surface area (Å²) in [6.45, 7) is 2.48. The zero-order chi connectivity index (χ0) is 15.6. The molecule has 0 aliphatic carbocycles. The molecule has 2 rings (SSSR count). The topological polar surface area (TPSA) is 104 Å². The van der Waals surface area contributed by atoms with Crippen LogP contribution in [0.15, 0.2) is 18.2 Å².